The smallest absolute Gasteiger partial charge is 0.318 e. The van der Waals surface area contributed by atoms with Crippen LogP contribution in [-0.4, -0.2) is 22.9 Å². The van der Waals surface area contributed by atoms with Crippen LogP contribution in [-0.2, 0) is 22.5 Å². The highest BCUT2D eigenvalue weighted by molar-refractivity contribution is 5.99. The number of benzene rings is 3. The number of hydrogen-bond acceptors (Lipinski definition) is 4. The minimum absolute atomic E-state index is 0.252. The minimum Gasteiger partial charge on any atom is -0.457 e. The van der Waals surface area contributed by atoms with Crippen molar-refractivity contribution in [1.82, 2.24) is 4.57 Å². The fourth-order valence-electron chi connectivity index (χ4n) is 4.78. The molecule has 4 aromatic rings. The third kappa shape index (κ3) is 4.54. The molecule has 0 unspecified atom stereocenters. The van der Waals surface area contributed by atoms with Crippen molar-refractivity contribution in [2.24, 2.45) is 0 Å². The number of nitrogens with zero attached hydrogens (tertiary/aromatic N) is 1. The van der Waals surface area contributed by atoms with Gasteiger partial charge in [-0.1, -0.05) is 48.5 Å². The Labute approximate surface area is 209 Å². The van der Waals surface area contributed by atoms with Gasteiger partial charge >= 0.3 is 5.97 Å². The second-order valence-corrected chi connectivity index (χ2v) is 8.95. The van der Waals surface area contributed by atoms with E-state index in [9.17, 15) is 14.0 Å². The molecule has 1 aliphatic rings. The summed E-state index contributed by atoms with van der Waals surface area (Å²) in [7, 11) is 0. The average molecular weight is 484 g/mol. The molecular weight excluding hydrogens is 457 g/mol. The fourth-order valence-corrected chi connectivity index (χ4v) is 4.78. The van der Waals surface area contributed by atoms with E-state index in [0.29, 0.717) is 41.2 Å². The van der Waals surface area contributed by atoms with Crippen molar-refractivity contribution in [1.29, 1.82) is 0 Å². The number of carbonyl (C=O) groups is 2. The zero-order chi connectivity index (χ0) is 25.2. The van der Waals surface area contributed by atoms with E-state index in [1.165, 1.54) is 12.1 Å². The first-order chi connectivity index (χ1) is 17.4. The largest absolute Gasteiger partial charge is 0.457 e. The molecule has 0 saturated heterocycles. The van der Waals surface area contributed by atoms with Crippen LogP contribution in [0.4, 0.5) is 4.39 Å². The Morgan fingerprint density at radius 3 is 2.17 bits per heavy atom. The van der Waals surface area contributed by atoms with Crippen LogP contribution in [0.2, 0.25) is 0 Å². The van der Waals surface area contributed by atoms with E-state index < -0.39 is 11.9 Å². The van der Waals surface area contributed by atoms with Crippen LogP contribution >= 0.6 is 0 Å². The van der Waals surface area contributed by atoms with Gasteiger partial charge in [0.1, 0.15) is 23.2 Å². The molecule has 5 nitrogen and oxygen atoms in total. The van der Waals surface area contributed by atoms with Gasteiger partial charge in [-0.15, -0.1) is 0 Å². The third-order valence-corrected chi connectivity index (χ3v) is 6.67. The fraction of sp³-hybridized carbons (Fsp3) is 0.200. The number of fused-ring (bicyclic) bond motifs is 2. The highest BCUT2D eigenvalue weighted by atomic mass is 19.1. The van der Waals surface area contributed by atoms with Gasteiger partial charge in [-0.2, -0.15) is 0 Å². The molecule has 6 heteroatoms. The number of ketones is 1. The molecule has 5 rings (SSSR count). The topological polar surface area (TPSA) is 57.5 Å². The van der Waals surface area contributed by atoms with Gasteiger partial charge in [-0.05, 0) is 56.2 Å². The summed E-state index contributed by atoms with van der Waals surface area (Å²) < 4.78 is 26.8. The summed E-state index contributed by atoms with van der Waals surface area (Å²) >= 11 is 0. The molecule has 0 atom stereocenters. The van der Waals surface area contributed by atoms with E-state index >= 15 is 0 Å². The van der Waals surface area contributed by atoms with Crippen LogP contribution in [0.1, 0.15) is 44.4 Å². The van der Waals surface area contributed by atoms with Gasteiger partial charge in [0.25, 0.3) is 0 Å². The third-order valence-electron chi connectivity index (χ3n) is 6.67. The second-order valence-electron chi connectivity index (χ2n) is 8.95. The number of carbonyl (C=O) groups excluding carboxylic acids is 2. The Morgan fingerprint density at radius 2 is 1.53 bits per heavy atom. The number of aromatic nitrogens is 1. The zero-order valence-electron chi connectivity index (χ0n) is 20.2. The summed E-state index contributed by atoms with van der Waals surface area (Å²) in [5, 5.41) is 0. The predicted molar refractivity (Wildman–Crippen MR) is 134 cm³/mol. The normalized spacial score (nSPS) is 12.4. The van der Waals surface area contributed by atoms with E-state index in [4.69, 9.17) is 9.47 Å². The van der Waals surface area contributed by atoms with Crippen LogP contribution in [0.15, 0.2) is 78.9 Å². The average Bonchev–Trinajstić information content (AvgIpc) is 3.18. The summed E-state index contributed by atoms with van der Waals surface area (Å²) in [6, 6.07) is 23.0. The van der Waals surface area contributed by atoms with E-state index in [0.717, 1.165) is 17.0 Å². The van der Waals surface area contributed by atoms with Crippen molar-refractivity contribution in [2.75, 3.05) is 6.61 Å². The lowest BCUT2D eigenvalue weighted by atomic mass is 9.88. The van der Waals surface area contributed by atoms with Crippen LogP contribution in [0.5, 0.6) is 11.5 Å². The van der Waals surface area contributed by atoms with Crippen LogP contribution in [0.3, 0.4) is 0 Å². The van der Waals surface area contributed by atoms with Gasteiger partial charge < -0.3 is 14.0 Å². The SMILES string of the molecule is Cc1cc(C(=O)COC(=O)C2c3ccccc3Oc3ccccc32)c(C)n1CCc1ccc(F)cc1. The number of rotatable bonds is 7. The second kappa shape index (κ2) is 9.82. The molecule has 0 aliphatic carbocycles. The van der Waals surface area contributed by atoms with E-state index in [2.05, 4.69) is 4.57 Å². The lowest BCUT2D eigenvalue weighted by molar-refractivity contribution is -0.143. The van der Waals surface area contributed by atoms with Crippen molar-refractivity contribution in [2.45, 2.75) is 32.7 Å². The van der Waals surface area contributed by atoms with Crippen LogP contribution in [0, 0.1) is 19.7 Å². The highest BCUT2D eigenvalue weighted by Gasteiger charge is 2.34. The maximum Gasteiger partial charge on any atom is 0.318 e. The molecule has 0 spiro atoms. The van der Waals surface area contributed by atoms with Crippen molar-refractivity contribution in [3.8, 4) is 11.5 Å². The first-order valence-electron chi connectivity index (χ1n) is 11.9. The molecule has 0 amide bonds. The lowest BCUT2D eigenvalue weighted by Gasteiger charge is -2.26. The number of ether oxygens (including phenoxy) is 2. The quantitative estimate of drug-likeness (QED) is 0.234. The Morgan fingerprint density at radius 1 is 0.917 bits per heavy atom. The maximum absolute atomic E-state index is 13.2. The Balaban J connectivity index is 1.29. The number of Topliss-reactive ketones (excluding diaryl/α,β-unsaturated/α-hetero) is 1. The summed E-state index contributed by atoms with van der Waals surface area (Å²) in [6.07, 6.45) is 0.710. The number of aryl methyl sites for hydroxylation is 2. The molecule has 1 aliphatic heterocycles. The summed E-state index contributed by atoms with van der Waals surface area (Å²) in [5.41, 5.74) is 4.74. The number of esters is 1. The Hall–Kier alpha value is -4.19. The van der Waals surface area contributed by atoms with E-state index in [1.54, 1.807) is 12.1 Å². The first kappa shape index (κ1) is 23.5. The molecule has 2 heterocycles. The van der Waals surface area contributed by atoms with Crippen LogP contribution < -0.4 is 4.74 Å². The maximum atomic E-state index is 13.2. The monoisotopic (exact) mass is 483 g/mol. The lowest BCUT2D eigenvalue weighted by Crippen LogP contribution is -2.23. The van der Waals surface area contributed by atoms with E-state index in [1.807, 2.05) is 68.4 Å². The van der Waals surface area contributed by atoms with E-state index in [-0.39, 0.29) is 18.2 Å². The molecule has 0 fully saturated rings. The van der Waals surface area contributed by atoms with Crippen molar-refractivity contribution in [3.63, 3.8) is 0 Å². The van der Waals surface area contributed by atoms with Gasteiger partial charge in [0, 0.05) is 34.6 Å². The number of para-hydroxylation sites is 2. The van der Waals surface area contributed by atoms with Crippen molar-refractivity contribution >= 4 is 11.8 Å². The Kier molecular flexibility index (Phi) is 6.42. The molecule has 0 bridgehead atoms. The molecule has 0 N–H and O–H groups in total. The molecule has 0 saturated carbocycles. The van der Waals surface area contributed by atoms with Crippen molar-refractivity contribution < 1.29 is 23.5 Å². The predicted octanol–water partition coefficient (Wildman–Crippen LogP) is 6.15. The van der Waals surface area contributed by atoms with Gasteiger partial charge in [0.2, 0.25) is 5.78 Å². The van der Waals surface area contributed by atoms with Crippen LogP contribution in [0.25, 0.3) is 0 Å². The number of hydrogen-bond donors (Lipinski definition) is 0. The first-order valence-corrected chi connectivity index (χ1v) is 11.9. The molecular formula is C30H26FNO4. The van der Waals surface area contributed by atoms with Gasteiger partial charge in [0.05, 0.1) is 0 Å². The van der Waals surface area contributed by atoms with Crippen molar-refractivity contribution in [3.05, 3.63) is 118 Å². The molecule has 182 valence electrons. The van der Waals surface area contributed by atoms with Gasteiger partial charge in [-0.3, -0.25) is 9.59 Å². The van der Waals surface area contributed by atoms with Gasteiger partial charge in [-0.25, -0.2) is 4.39 Å². The standard InChI is InChI=1S/C30H26FNO4/c1-19-17-25(20(2)32(19)16-15-21-11-13-22(31)14-12-21)26(33)18-35-30(34)29-23-7-3-5-9-27(23)36-28-10-6-4-8-24(28)29/h3-14,17,29H,15-16,18H2,1-2H3. The highest BCUT2D eigenvalue weighted by Crippen LogP contribution is 2.44. The Bertz CT molecular complexity index is 1390. The zero-order valence-corrected chi connectivity index (χ0v) is 20.2. The molecule has 1 aromatic heterocycles. The minimum atomic E-state index is -0.665. The molecule has 0 radical (unpaired) electrons. The summed E-state index contributed by atoms with van der Waals surface area (Å²) in [5.74, 6) is -0.456. The number of halogens is 1. The molecule has 36 heavy (non-hydrogen) atoms. The summed E-state index contributed by atoms with van der Waals surface area (Å²) in [6.45, 7) is 4.14. The molecule has 3 aromatic carbocycles. The summed E-state index contributed by atoms with van der Waals surface area (Å²) in [4.78, 5) is 26.3. The van der Waals surface area contributed by atoms with Gasteiger partial charge in [0.15, 0.2) is 6.61 Å².